The quantitative estimate of drug-likeness (QED) is 0.551. The Morgan fingerprint density at radius 2 is 2.08 bits per heavy atom. The SMILES string of the molecule is CN=C(NCCc1csc(C)n1)NCc1cc(F)ccc1CS(C)(=O)=O. The maximum atomic E-state index is 13.5. The Morgan fingerprint density at radius 1 is 1.31 bits per heavy atom. The Labute approximate surface area is 157 Å². The number of aromatic nitrogens is 1. The molecule has 0 bridgehead atoms. The van der Waals surface area contributed by atoms with Gasteiger partial charge >= 0.3 is 0 Å². The molecule has 2 aromatic rings. The molecule has 2 N–H and O–H groups in total. The van der Waals surface area contributed by atoms with Crippen LogP contribution in [0.2, 0.25) is 0 Å². The minimum absolute atomic E-state index is 0.125. The van der Waals surface area contributed by atoms with Crippen molar-refractivity contribution in [1.82, 2.24) is 15.6 Å². The number of nitrogens with zero attached hydrogens (tertiary/aromatic N) is 2. The van der Waals surface area contributed by atoms with Crippen molar-refractivity contribution in [3.63, 3.8) is 0 Å². The molecule has 0 unspecified atom stereocenters. The van der Waals surface area contributed by atoms with Crippen LogP contribution in [0.3, 0.4) is 0 Å². The van der Waals surface area contributed by atoms with Gasteiger partial charge in [0.05, 0.1) is 16.5 Å². The lowest BCUT2D eigenvalue weighted by Crippen LogP contribution is -2.38. The summed E-state index contributed by atoms with van der Waals surface area (Å²) >= 11 is 1.61. The van der Waals surface area contributed by atoms with Crippen LogP contribution in [0.4, 0.5) is 4.39 Å². The Balaban J connectivity index is 1.94. The summed E-state index contributed by atoms with van der Waals surface area (Å²) in [5.41, 5.74) is 2.19. The number of aliphatic imine (C=N–C) groups is 1. The summed E-state index contributed by atoms with van der Waals surface area (Å²) in [5.74, 6) is 0.0341. The minimum Gasteiger partial charge on any atom is -0.356 e. The lowest BCUT2D eigenvalue weighted by atomic mass is 10.1. The van der Waals surface area contributed by atoms with E-state index in [9.17, 15) is 12.8 Å². The molecule has 142 valence electrons. The van der Waals surface area contributed by atoms with Gasteiger partial charge < -0.3 is 10.6 Å². The molecule has 26 heavy (non-hydrogen) atoms. The molecule has 0 spiro atoms. The van der Waals surface area contributed by atoms with Crippen molar-refractivity contribution in [2.24, 2.45) is 4.99 Å². The third-order valence-corrected chi connectivity index (χ3v) is 5.25. The molecule has 9 heteroatoms. The fraction of sp³-hybridized carbons (Fsp3) is 0.412. The Morgan fingerprint density at radius 3 is 2.69 bits per heavy atom. The molecule has 0 aliphatic rings. The van der Waals surface area contributed by atoms with Gasteiger partial charge in [-0.05, 0) is 30.2 Å². The van der Waals surface area contributed by atoms with E-state index in [1.54, 1.807) is 18.4 Å². The Hall–Kier alpha value is -2.00. The number of guanidine groups is 1. The number of rotatable bonds is 7. The molecule has 1 heterocycles. The van der Waals surface area contributed by atoms with Crippen molar-refractivity contribution < 1.29 is 12.8 Å². The fourth-order valence-electron chi connectivity index (χ4n) is 2.41. The number of aryl methyl sites for hydroxylation is 1. The zero-order valence-electron chi connectivity index (χ0n) is 15.0. The van der Waals surface area contributed by atoms with Crippen molar-refractivity contribution in [2.45, 2.75) is 25.6 Å². The number of thiazole rings is 1. The number of halogens is 1. The van der Waals surface area contributed by atoms with E-state index >= 15 is 0 Å². The van der Waals surface area contributed by atoms with Gasteiger partial charge in [-0.3, -0.25) is 4.99 Å². The van der Waals surface area contributed by atoms with E-state index in [1.165, 1.54) is 18.2 Å². The molecule has 0 saturated heterocycles. The maximum Gasteiger partial charge on any atom is 0.191 e. The second kappa shape index (κ2) is 9.09. The zero-order chi connectivity index (χ0) is 19.2. The normalized spacial score (nSPS) is 12.2. The Bertz CT molecular complexity index is 879. The van der Waals surface area contributed by atoms with Crippen LogP contribution in [-0.4, -0.2) is 39.2 Å². The second-order valence-corrected chi connectivity index (χ2v) is 9.15. The first-order valence-electron chi connectivity index (χ1n) is 8.07. The number of benzene rings is 1. The van der Waals surface area contributed by atoms with Crippen LogP contribution in [0.1, 0.15) is 21.8 Å². The minimum atomic E-state index is -3.20. The fourth-order valence-corrected chi connectivity index (χ4v) is 3.91. The molecular formula is C17H23FN4O2S2. The van der Waals surface area contributed by atoms with Gasteiger partial charge in [0.2, 0.25) is 0 Å². The predicted octanol–water partition coefficient (Wildman–Crippen LogP) is 2.04. The smallest absolute Gasteiger partial charge is 0.191 e. The van der Waals surface area contributed by atoms with Crippen molar-refractivity contribution in [3.8, 4) is 0 Å². The third kappa shape index (κ3) is 6.72. The molecule has 0 amide bonds. The summed E-state index contributed by atoms with van der Waals surface area (Å²) in [6.07, 6.45) is 1.93. The molecule has 0 fully saturated rings. The highest BCUT2D eigenvalue weighted by Gasteiger charge is 2.11. The third-order valence-electron chi connectivity index (χ3n) is 3.60. The molecule has 0 atom stereocenters. The molecular weight excluding hydrogens is 375 g/mol. The van der Waals surface area contributed by atoms with Crippen LogP contribution >= 0.6 is 11.3 Å². The van der Waals surface area contributed by atoms with Crippen molar-refractivity contribution in [1.29, 1.82) is 0 Å². The topological polar surface area (TPSA) is 83.4 Å². The van der Waals surface area contributed by atoms with Crippen molar-refractivity contribution >= 4 is 27.1 Å². The van der Waals surface area contributed by atoms with Gasteiger partial charge in [0.15, 0.2) is 15.8 Å². The summed E-state index contributed by atoms with van der Waals surface area (Å²) in [7, 11) is -1.56. The van der Waals surface area contributed by atoms with E-state index in [4.69, 9.17) is 0 Å². The van der Waals surface area contributed by atoms with Crippen LogP contribution in [-0.2, 0) is 28.6 Å². The summed E-state index contributed by atoms with van der Waals surface area (Å²) in [6.45, 7) is 2.90. The zero-order valence-corrected chi connectivity index (χ0v) is 16.7. The van der Waals surface area contributed by atoms with Gasteiger partial charge in [0.1, 0.15) is 5.82 Å². The van der Waals surface area contributed by atoms with Crippen LogP contribution in [0.15, 0.2) is 28.6 Å². The van der Waals surface area contributed by atoms with Gasteiger partial charge in [0, 0.05) is 38.2 Å². The van der Waals surface area contributed by atoms with E-state index in [-0.39, 0.29) is 12.3 Å². The lowest BCUT2D eigenvalue weighted by molar-refractivity contribution is 0.599. The molecule has 1 aromatic heterocycles. The Kier molecular flexibility index (Phi) is 7.10. The first-order valence-corrected chi connectivity index (χ1v) is 11.0. The largest absolute Gasteiger partial charge is 0.356 e. The van der Waals surface area contributed by atoms with Gasteiger partial charge in [-0.1, -0.05) is 6.07 Å². The molecule has 1 aromatic carbocycles. The number of nitrogens with one attached hydrogen (secondary N) is 2. The summed E-state index contributed by atoms with van der Waals surface area (Å²) in [4.78, 5) is 8.53. The second-order valence-electron chi connectivity index (χ2n) is 5.94. The molecule has 2 rings (SSSR count). The standard InChI is InChI=1S/C17H23FN4O2S2/c1-12-22-16(10-25-12)6-7-20-17(19-2)21-9-14-8-15(18)5-4-13(14)11-26(3,23)24/h4-5,8,10H,6-7,9,11H2,1-3H3,(H2,19,20,21). The summed E-state index contributed by atoms with van der Waals surface area (Å²) in [5, 5.41) is 9.32. The highest BCUT2D eigenvalue weighted by atomic mass is 32.2. The predicted molar refractivity (Wildman–Crippen MR) is 104 cm³/mol. The van der Waals surface area contributed by atoms with E-state index < -0.39 is 15.7 Å². The van der Waals surface area contributed by atoms with E-state index in [2.05, 4.69) is 20.6 Å². The first kappa shape index (κ1) is 20.3. The average Bonchev–Trinajstić information content (AvgIpc) is 2.97. The number of hydrogen-bond donors (Lipinski definition) is 2. The van der Waals surface area contributed by atoms with Crippen LogP contribution < -0.4 is 10.6 Å². The molecule has 0 saturated carbocycles. The van der Waals surface area contributed by atoms with Gasteiger partial charge in [-0.2, -0.15) is 0 Å². The van der Waals surface area contributed by atoms with E-state index in [0.29, 0.717) is 23.6 Å². The molecule has 0 aliphatic heterocycles. The van der Waals surface area contributed by atoms with Crippen LogP contribution in [0, 0.1) is 12.7 Å². The monoisotopic (exact) mass is 398 g/mol. The van der Waals surface area contributed by atoms with Crippen molar-refractivity contribution in [3.05, 3.63) is 51.2 Å². The highest BCUT2D eigenvalue weighted by Crippen LogP contribution is 2.14. The summed E-state index contributed by atoms with van der Waals surface area (Å²) in [6, 6.07) is 4.12. The van der Waals surface area contributed by atoms with Crippen molar-refractivity contribution in [2.75, 3.05) is 19.8 Å². The van der Waals surface area contributed by atoms with E-state index in [1.807, 2.05) is 12.3 Å². The van der Waals surface area contributed by atoms with Crippen LogP contribution in [0.25, 0.3) is 0 Å². The maximum absolute atomic E-state index is 13.5. The molecule has 6 nitrogen and oxygen atoms in total. The summed E-state index contributed by atoms with van der Waals surface area (Å²) < 4.78 is 36.7. The number of hydrogen-bond acceptors (Lipinski definition) is 5. The van der Waals surface area contributed by atoms with Gasteiger partial charge in [-0.25, -0.2) is 17.8 Å². The number of sulfone groups is 1. The highest BCUT2D eigenvalue weighted by molar-refractivity contribution is 7.89. The molecule has 0 aliphatic carbocycles. The molecule has 0 radical (unpaired) electrons. The average molecular weight is 399 g/mol. The van der Waals surface area contributed by atoms with Gasteiger partial charge in [-0.15, -0.1) is 11.3 Å². The van der Waals surface area contributed by atoms with Gasteiger partial charge in [0.25, 0.3) is 0 Å². The lowest BCUT2D eigenvalue weighted by Gasteiger charge is -2.14. The van der Waals surface area contributed by atoms with E-state index in [0.717, 1.165) is 23.4 Å². The van der Waals surface area contributed by atoms with Crippen LogP contribution in [0.5, 0.6) is 0 Å². The first-order chi connectivity index (χ1) is 12.3.